The van der Waals surface area contributed by atoms with E-state index in [9.17, 15) is 9.59 Å². The number of carbonyl (C=O) groups excluding carboxylic acids is 2. The normalized spacial score (nSPS) is 18.7. The molecule has 0 radical (unpaired) electrons. The van der Waals surface area contributed by atoms with E-state index in [1.807, 2.05) is 18.2 Å². The van der Waals surface area contributed by atoms with Crippen molar-refractivity contribution in [3.05, 3.63) is 35.9 Å². The van der Waals surface area contributed by atoms with Crippen LogP contribution >= 0.6 is 0 Å². The number of nitrogens with one attached hydrogen (secondary N) is 2. The minimum absolute atomic E-state index is 0.0166. The summed E-state index contributed by atoms with van der Waals surface area (Å²) in [6.07, 6.45) is 2.96. The molecule has 1 aromatic rings. The van der Waals surface area contributed by atoms with Crippen LogP contribution in [0.5, 0.6) is 0 Å². The van der Waals surface area contributed by atoms with Gasteiger partial charge in [0.25, 0.3) is 0 Å². The lowest BCUT2D eigenvalue weighted by atomic mass is 9.96. The van der Waals surface area contributed by atoms with E-state index in [-0.39, 0.29) is 17.7 Å². The third-order valence-corrected chi connectivity index (χ3v) is 3.40. The van der Waals surface area contributed by atoms with E-state index in [0.717, 1.165) is 19.3 Å². The monoisotopic (exact) mass is 260 g/mol. The summed E-state index contributed by atoms with van der Waals surface area (Å²) in [6.45, 7) is 1.28. The highest BCUT2D eigenvalue weighted by atomic mass is 16.2. The lowest BCUT2D eigenvalue weighted by Gasteiger charge is -2.21. The van der Waals surface area contributed by atoms with Gasteiger partial charge < -0.3 is 10.6 Å². The molecule has 19 heavy (non-hydrogen) atoms. The Hall–Kier alpha value is -1.84. The molecule has 1 fully saturated rings. The van der Waals surface area contributed by atoms with Crippen LogP contribution in [0, 0.1) is 5.92 Å². The minimum Gasteiger partial charge on any atom is -0.356 e. The lowest BCUT2D eigenvalue weighted by molar-refractivity contribution is -0.132. The molecule has 2 amide bonds. The zero-order valence-electron chi connectivity index (χ0n) is 11.0. The summed E-state index contributed by atoms with van der Waals surface area (Å²) in [5.41, 5.74) is 1.29. The van der Waals surface area contributed by atoms with Crippen LogP contribution in [0.3, 0.4) is 0 Å². The average Bonchev–Trinajstić information content (AvgIpc) is 2.44. The van der Waals surface area contributed by atoms with Crippen molar-refractivity contribution < 1.29 is 9.59 Å². The van der Waals surface area contributed by atoms with Gasteiger partial charge in [0.05, 0.1) is 0 Å². The van der Waals surface area contributed by atoms with Gasteiger partial charge in [0.2, 0.25) is 11.8 Å². The molecule has 4 nitrogen and oxygen atoms in total. The van der Waals surface area contributed by atoms with Crippen LogP contribution in [-0.4, -0.2) is 24.9 Å². The van der Waals surface area contributed by atoms with Crippen LogP contribution in [0.2, 0.25) is 0 Å². The molecular formula is C15H20N2O2. The van der Waals surface area contributed by atoms with Crippen molar-refractivity contribution in [3.8, 4) is 0 Å². The molecule has 2 rings (SSSR count). The van der Waals surface area contributed by atoms with Crippen molar-refractivity contribution in [2.75, 3.05) is 13.1 Å². The Labute approximate surface area is 113 Å². The molecule has 1 saturated heterocycles. The SMILES string of the molecule is O=C1CC(C(=O)NCCCc2ccccc2)CCN1. The zero-order chi connectivity index (χ0) is 13.5. The molecular weight excluding hydrogens is 240 g/mol. The van der Waals surface area contributed by atoms with Crippen molar-refractivity contribution in [1.82, 2.24) is 10.6 Å². The second-order valence-electron chi connectivity index (χ2n) is 4.92. The molecule has 1 aromatic carbocycles. The number of carbonyl (C=O) groups is 2. The van der Waals surface area contributed by atoms with E-state index in [1.54, 1.807) is 0 Å². The van der Waals surface area contributed by atoms with Gasteiger partial charge in [-0.25, -0.2) is 0 Å². The number of hydrogen-bond acceptors (Lipinski definition) is 2. The average molecular weight is 260 g/mol. The predicted molar refractivity (Wildman–Crippen MR) is 73.5 cm³/mol. The van der Waals surface area contributed by atoms with E-state index in [2.05, 4.69) is 22.8 Å². The van der Waals surface area contributed by atoms with Crippen molar-refractivity contribution >= 4 is 11.8 Å². The number of aryl methyl sites for hydroxylation is 1. The highest BCUT2D eigenvalue weighted by Gasteiger charge is 2.24. The molecule has 0 spiro atoms. The van der Waals surface area contributed by atoms with Gasteiger partial charge in [-0.05, 0) is 24.8 Å². The second kappa shape index (κ2) is 6.92. The molecule has 2 N–H and O–H groups in total. The summed E-state index contributed by atoms with van der Waals surface area (Å²) in [5, 5.41) is 5.66. The van der Waals surface area contributed by atoms with Crippen molar-refractivity contribution in [2.45, 2.75) is 25.7 Å². The third kappa shape index (κ3) is 4.39. The highest BCUT2D eigenvalue weighted by molar-refractivity contribution is 5.86. The van der Waals surface area contributed by atoms with Gasteiger partial charge in [0.15, 0.2) is 0 Å². The van der Waals surface area contributed by atoms with Crippen LogP contribution in [0.1, 0.15) is 24.8 Å². The number of benzene rings is 1. The maximum Gasteiger partial charge on any atom is 0.223 e. The van der Waals surface area contributed by atoms with Gasteiger partial charge >= 0.3 is 0 Å². The summed E-state index contributed by atoms with van der Waals surface area (Å²) in [6, 6.07) is 10.2. The van der Waals surface area contributed by atoms with Crippen LogP contribution in [0.4, 0.5) is 0 Å². The molecule has 0 aliphatic carbocycles. The number of piperidine rings is 1. The van der Waals surface area contributed by atoms with Crippen molar-refractivity contribution in [3.63, 3.8) is 0 Å². The van der Waals surface area contributed by atoms with E-state index in [1.165, 1.54) is 5.56 Å². The predicted octanol–water partition coefficient (Wildman–Crippen LogP) is 1.26. The second-order valence-corrected chi connectivity index (χ2v) is 4.92. The maximum absolute atomic E-state index is 11.9. The van der Waals surface area contributed by atoms with Gasteiger partial charge in [0, 0.05) is 25.4 Å². The maximum atomic E-state index is 11.9. The van der Waals surface area contributed by atoms with E-state index < -0.39 is 0 Å². The first kappa shape index (κ1) is 13.6. The number of rotatable bonds is 5. The number of hydrogen-bond donors (Lipinski definition) is 2. The molecule has 102 valence electrons. The van der Waals surface area contributed by atoms with Gasteiger partial charge in [0.1, 0.15) is 0 Å². The standard InChI is InChI=1S/C15H20N2O2/c18-14-11-13(8-10-16-14)15(19)17-9-4-7-12-5-2-1-3-6-12/h1-3,5-6,13H,4,7-11H2,(H,16,18)(H,17,19). The fourth-order valence-electron chi connectivity index (χ4n) is 2.30. The molecule has 1 heterocycles. The van der Waals surface area contributed by atoms with Crippen molar-refractivity contribution in [1.29, 1.82) is 0 Å². The molecule has 0 saturated carbocycles. The molecule has 0 aromatic heterocycles. The summed E-state index contributed by atoms with van der Waals surface area (Å²) in [4.78, 5) is 23.1. The van der Waals surface area contributed by atoms with Crippen LogP contribution in [0.25, 0.3) is 0 Å². The summed E-state index contributed by atoms with van der Waals surface area (Å²) in [5.74, 6) is -0.149. The first-order valence-electron chi connectivity index (χ1n) is 6.84. The van der Waals surface area contributed by atoms with Crippen LogP contribution in [0.15, 0.2) is 30.3 Å². The first-order chi connectivity index (χ1) is 9.25. The summed E-state index contributed by atoms with van der Waals surface area (Å²) < 4.78 is 0. The third-order valence-electron chi connectivity index (χ3n) is 3.40. The van der Waals surface area contributed by atoms with Gasteiger partial charge in [-0.15, -0.1) is 0 Å². The van der Waals surface area contributed by atoms with Crippen molar-refractivity contribution in [2.24, 2.45) is 5.92 Å². The summed E-state index contributed by atoms with van der Waals surface area (Å²) in [7, 11) is 0. The minimum atomic E-state index is -0.148. The van der Waals surface area contributed by atoms with E-state index in [0.29, 0.717) is 19.5 Å². The Balaban J connectivity index is 1.65. The van der Waals surface area contributed by atoms with Crippen LogP contribution < -0.4 is 10.6 Å². The van der Waals surface area contributed by atoms with Gasteiger partial charge in [-0.1, -0.05) is 30.3 Å². The fourth-order valence-corrected chi connectivity index (χ4v) is 2.30. The Morgan fingerprint density at radius 2 is 2.11 bits per heavy atom. The Morgan fingerprint density at radius 3 is 2.84 bits per heavy atom. The smallest absolute Gasteiger partial charge is 0.223 e. The van der Waals surface area contributed by atoms with Gasteiger partial charge in [-0.2, -0.15) is 0 Å². The topological polar surface area (TPSA) is 58.2 Å². The lowest BCUT2D eigenvalue weighted by Crippen LogP contribution is -2.41. The molecule has 0 bridgehead atoms. The molecule has 1 aliphatic rings. The molecule has 4 heteroatoms. The Morgan fingerprint density at radius 1 is 1.32 bits per heavy atom. The number of amides is 2. The molecule has 1 atom stereocenters. The Kier molecular flexibility index (Phi) is 4.95. The quantitative estimate of drug-likeness (QED) is 0.783. The fraction of sp³-hybridized carbons (Fsp3) is 0.467. The largest absolute Gasteiger partial charge is 0.356 e. The zero-order valence-corrected chi connectivity index (χ0v) is 11.0. The van der Waals surface area contributed by atoms with Gasteiger partial charge in [-0.3, -0.25) is 9.59 Å². The Bertz CT molecular complexity index is 431. The van der Waals surface area contributed by atoms with Crippen LogP contribution in [-0.2, 0) is 16.0 Å². The van der Waals surface area contributed by atoms with E-state index in [4.69, 9.17) is 0 Å². The summed E-state index contributed by atoms with van der Waals surface area (Å²) >= 11 is 0. The van der Waals surface area contributed by atoms with E-state index >= 15 is 0 Å². The highest BCUT2D eigenvalue weighted by Crippen LogP contribution is 2.12. The molecule has 1 aliphatic heterocycles. The molecule has 1 unspecified atom stereocenters. The first-order valence-corrected chi connectivity index (χ1v) is 6.84.